The number of pyridine rings is 1. The van der Waals surface area contributed by atoms with Crippen molar-refractivity contribution in [3.05, 3.63) is 23.5 Å². The van der Waals surface area contributed by atoms with E-state index in [1.54, 1.807) is 18.0 Å². The molecule has 0 saturated heterocycles. The molecule has 0 aliphatic rings. The molecule has 0 aliphatic carbocycles. The average Bonchev–Trinajstić information content (AvgIpc) is 2.01. The van der Waals surface area contributed by atoms with Gasteiger partial charge in [-0.15, -0.1) is 11.8 Å². The van der Waals surface area contributed by atoms with Gasteiger partial charge in [-0.3, -0.25) is 4.98 Å². The highest BCUT2D eigenvalue weighted by molar-refractivity contribution is 7.99. The maximum Gasteiger partial charge on any atom is 0.0600 e. The summed E-state index contributed by atoms with van der Waals surface area (Å²) >= 11 is 7.54. The zero-order valence-electron chi connectivity index (χ0n) is 6.38. The lowest BCUT2D eigenvalue weighted by Crippen LogP contribution is -1.77. The van der Waals surface area contributed by atoms with Crippen LogP contribution in [0.1, 0.15) is 13.3 Å². The van der Waals surface area contributed by atoms with E-state index in [0.717, 1.165) is 10.6 Å². The van der Waals surface area contributed by atoms with Gasteiger partial charge in [-0.05, 0) is 18.2 Å². The molecule has 0 atom stereocenters. The van der Waals surface area contributed by atoms with Crippen LogP contribution in [0, 0.1) is 0 Å². The Hall–Kier alpha value is -0.210. The summed E-state index contributed by atoms with van der Waals surface area (Å²) in [6.45, 7) is 2.16. The minimum atomic E-state index is 0.714. The maximum atomic E-state index is 5.75. The summed E-state index contributed by atoms with van der Waals surface area (Å²) in [6, 6.07) is 1.94. The molecule has 0 saturated carbocycles. The molecule has 1 rings (SSSR count). The Bertz CT molecular complexity index is 227. The lowest BCUT2D eigenvalue weighted by Gasteiger charge is -1.97. The van der Waals surface area contributed by atoms with Crippen LogP contribution >= 0.6 is 23.4 Å². The van der Waals surface area contributed by atoms with Crippen molar-refractivity contribution in [3.8, 4) is 0 Å². The van der Waals surface area contributed by atoms with Crippen molar-refractivity contribution in [2.75, 3.05) is 5.75 Å². The first-order chi connectivity index (χ1) is 5.33. The first-order valence-corrected chi connectivity index (χ1v) is 4.92. The molecular weight excluding hydrogens is 178 g/mol. The minimum absolute atomic E-state index is 0.714. The Labute approximate surface area is 76.2 Å². The molecule has 0 radical (unpaired) electrons. The minimum Gasteiger partial charge on any atom is -0.262 e. The summed E-state index contributed by atoms with van der Waals surface area (Å²) in [5, 5.41) is 0.714. The highest BCUT2D eigenvalue weighted by atomic mass is 35.5. The van der Waals surface area contributed by atoms with E-state index in [2.05, 4.69) is 11.9 Å². The smallest absolute Gasteiger partial charge is 0.0600 e. The van der Waals surface area contributed by atoms with Crippen LogP contribution in [0.3, 0.4) is 0 Å². The van der Waals surface area contributed by atoms with Gasteiger partial charge < -0.3 is 0 Å². The van der Waals surface area contributed by atoms with E-state index < -0.39 is 0 Å². The van der Waals surface area contributed by atoms with Gasteiger partial charge in [-0.25, -0.2) is 0 Å². The van der Waals surface area contributed by atoms with E-state index in [-0.39, 0.29) is 0 Å². The van der Waals surface area contributed by atoms with E-state index in [0.29, 0.717) is 5.02 Å². The highest BCUT2D eigenvalue weighted by Crippen LogP contribution is 2.20. The number of thioether (sulfide) groups is 1. The fourth-order valence-electron chi connectivity index (χ4n) is 0.691. The molecule has 1 aromatic rings. The molecular formula is C8H10ClNS. The van der Waals surface area contributed by atoms with E-state index >= 15 is 0 Å². The van der Waals surface area contributed by atoms with Crippen LogP contribution in [-0.2, 0) is 0 Å². The van der Waals surface area contributed by atoms with Gasteiger partial charge in [0.2, 0.25) is 0 Å². The van der Waals surface area contributed by atoms with Crippen molar-refractivity contribution in [3.63, 3.8) is 0 Å². The molecule has 0 unspecified atom stereocenters. The van der Waals surface area contributed by atoms with Crippen molar-refractivity contribution >= 4 is 23.4 Å². The van der Waals surface area contributed by atoms with Gasteiger partial charge in [0.05, 0.1) is 5.02 Å². The van der Waals surface area contributed by atoms with E-state index in [4.69, 9.17) is 11.6 Å². The summed E-state index contributed by atoms with van der Waals surface area (Å²) in [4.78, 5) is 5.14. The van der Waals surface area contributed by atoms with Gasteiger partial charge in [0.25, 0.3) is 0 Å². The second-order valence-corrected chi connectivity index (χ2v) is 3.79. The van der Waals surface area contributed by atoms with Crippen molar-refractivity contribution < 1.29 is 0 Å². The van der Waals surface area contributed by atoms with Crippen LogP contribution in [0.4, 0.5) is 0 Å². The standard InChI is InChI=1S/C8H10ClNS/c1-2-3-11-8-4-7(9)5-10-6-8/h4-6H,2-3H2,1H3. The number of halogens is 1. The van der Waals surface area contributed by atoms with Crippen molar-refractivity contribution in [1.82, 2.24) is 4.98 Å². The van der Waals surface area contributed by atoms with Gasteiger partial charge >= 0.3 is 0 Å². The molecule has 60 valence electrons. The Kier molecular flexibility index (Phi) is 3.73. The monoisotopic (exact) mass is 187 g/mol. The molecule has 0 aromatic carbocycles. The third-order valence-electron chi connectivity index (χ3n) is 1.15. The normalized spacial score (nSPS) is 10.0. The summed E-state index contributed by atoms with van der Waals surface area (Å²) < 4.78 is 0. The van der Waals surface area contributed by atoms with E-state index in [9.17, 15) is 0 Å². The molecule has 0 bridgehead atoms. The fraction of sp³-hybridized carbons (Fsp3) is 0.375. The Morgan fingerprint density at radius 1 is 1.55 bits per heavy atom. The van der Waals surface area contributed by atoms with E-state index in [1.807, 2.05) is 12.3 Å². The Balaban J connectivity index is 2.56. The molecule has 0 amide bonds. The quantitative estimate of drug-likeness (QED) is 0.674. The fourth-order valence-corrected chi connectivity index (χ4v) is 1.72. The Morgan fingerprint density at radius 2 is 2.36 bits per heavy atom. The summed E-state index contributed by atoms with van der Waals surface area (Å²) in [6.07, 6.45) is 4.67. The van der Waals surface area contributed by atoms with Gasteiger partial charge in [0.1, 0.15) is 0 Å². The molecule has 0 aliphatic heterocycles. The molecule has 11 heavy (non-hydrogen) atoms. The predicted molar refractivity (Wildman–Crippen MR) is 50.3 cm³/mol. The molecule has 0 N–H and O–H groups in total. The zero-order valence-corrected chi connectivity index (χ0v) is 7.95. The SMILES string of the molecule is CCCSc1cncc(Cl)c1. The van der Waals surface area contributed by atoms with Crippen molar-refractivity contribution in [1.29, 1.82) is 0 Å². The van der Waals surface area contributed by atoms with Crippen molar-refractivity contribution in [2.24, 2.45) is 0 Å². The number of hydrogen-bond donors (Lipinski definition) is 0. The topological polar surface area (TPSA) is 12.9 Å². The van der Waals surface area contributed by atoms with Gasteiger partial charge in [-0.1, -0.05) is 18.5 Å². The second kappa shape index (κ2) is 4.62. The van der Waals surface area contributed by atoms with E-state index in [1.165, 1.54) is 6.42 Å². The van der Waals surface area contributed by atoms with Crippen LogP contribution < -0.4 is 0 Å². The largest absolute Gasteiger partial charge is 0.262 e. The lowest BCUT2D eigenvalue weighted by molar-refractivity contribution is 1.10. The van der Waals surface area contributed by atoms with Gasteiger partial charge in [0.15, 0.2) is 0 Å². The molecule has 0 fully saturated rings. The highest BCUT2D eigenvalue weighted by Gasteiger charge is 1.93. The van der Waals surface area contributed by atoms with Gasteiger partial charge in [-0.2, -0.15) is 0 Å². The summed E-state index contributed by atoms with van der Waals surface area (Å²) in [5.41, 5.74) is 0. The number of hydrogen-bond acceptors (Lipinski definition) is 2. The zero-order chi connectivity index (χ0) is 8.10. The lowest BCUT2D eigenvalue weighted by atomic mass is 10.5. The van der Waals surface area contributed by atoms with Crippen LogP contribution in [0.15, 0.2) is 23.4 Å². The molecule has 1 heterocycles. The molecule has 1 nitrogen and oxygen atoms in total. The number of aromatic nitrogens is 1. The average molecular weight is 188 g/mol. The first kappa shape index (κ1) is 8.88. The second-order valence-electron chi connectivity index (χ2n) is 2.19. The van der Waals surface area contributed by atoms with Gasteiger partial charge in [0, 0.05) is 17.3 Å². The molecule has 0 spiro atoms. The number of rotatable bonds is 3. The predicted octanol–water partition coefficient (Wildman–Crippen LogP) is 3.24. The van der Waals surface area contributed by atoms with Crippen LogP contribution in [0.5, 0.6) is 0 Å². The summed E-state index contributed by atoms with van der Waals surface area (Å²) in [7, 11) is 0. The molecule has 3 heteroatoms. The van der Waals surface area contributed by atoms with Crippen LogP contribution in [0.25, 0.3) is 0 Å². The van der Waals surface area contributed by atoms with Crippen LogP contribution in [0.2, 0.25) is 5.02 Å². The first-order valence-electron chi connectivity index (χ1n) is 3.56. The Morgan fingerprint density at radius 3 is 3.00 bits per heavy atom. The third-order valence-corrected chi connectivity index (χ3v) is 2.53. The van der Waals surface area contributed by atoms with Crippen LogP contribution in [-0.4, -0.2) is 10.7 Å². The van der Waals surface area contributed by atoms with Crippen molar-refractivity contribution in [2.45, 2.75) is 18.2 Å². The molecule has 1 aromatic heterocycles. The summed E-state index contributed by atoms with van der Waals surface area (Å²) in [5.74, 6) is 1.13. The third kappa shape index (κ3) is 3.12. The number of nitrogens with zero attached hydrogens (tertiary/aromatic N) is 1. The maximum absolute atomic E-state index is 5.75.